The third kappa shape index (κ3) is 2.75. The quantitative estimate of drug-likeness (QED) is 0.896. The second-order valence-corrected chi connectivity index (χ2v) is 5.36. The maximum Gasteiger partial charge on any atom is 0.244 e. The van der Waals surface area contributed by atoms with Gasteiger partial charge in [-0.2, -0.15) is 5.26 Å². The lowest BCUT2D eigenvalue weighted by Crippen LogP contribution is -2.37. The molecule has 1 aliphatic carbocycles. The lowest BCUT2D eigenvalue weighted by molar-refractivity contribution is -0.124. The molecule has 1 aromatic carbocycles. The summed E-state index contributed by atoms with van der Waals surface area (Å²) in [5, 5.41) is 11.4. The smallest absolute Gasteiger partial charge is 0.244 e. The Kier molecular flexibility index (Phi) is 4.24. The highest BCUT2D eigenvalue weighted by Crippen LogP contribution is 2.37. The average molecular weight is 299 g/mol. The number of nitriles is 1. The second kappa shape index (κ2) is 5.76. The first kappa shape index (κ1) is 14.7. The highest BCUT2D eigenvalue weighted by Gasteiger charge is 2.40. The van der Waals surface area contributed by atoms with Crippen molar-refractivity contribution in [3.05, 3.63) is 28.8 Å². The number of rotatable bonds is 2. The molecule has 1 saturated carbocycles. The number of benzene rings is 1. The number of halogens is 3. The van der Waals surface area contributed by atoms with Crippen LogP contribution in [0.4, 0.5) is 14.5 Å². The highest BCUT2D eigenvalue weighted by molar-refractivity contribution is 6.33. The van der Waals surface area contributed by atoms with Crippen molar-refractivity contribution in [1.82, 2.24) is 0 Å². The zero-order valence-electron chi connectivity index (χ0n) is 10.7. The first-order valence-electron chi connectivity index (χ1n) is 6.36. The largest absolute Gasteiger partial charge is 0.321 e. The zero-order valence-corrected chi connectivity index (χ0v) is 11.4. The van der Waals surface area contributed by atoms with Crippen molar-refractivity contribution in [3.8, 4) is 6.07 Å². The summed E-state index contributed by atoms with van der Waals surface area (Å²) in [6, 6.07) is 3.59. The molecule has 20 heavy (non-hydrogen) atoms. The van der Waals surface area contributed by atoms with E-state index in [-0.39, 0.29) is 10.7 Å². The molecule has 3 nitrogen and oxygen atoms in total. The van der Waals surface area contributed by atoms with E-state index in [0.29, 0.717) is 18.9 Å². The molecule has 2 rings (SSSR count). The van der Waals surface area contributed by atoms with Crippen molar-refractivity contribution in [3.63, 3.8) is 0 Å². The fourth-order valence-corrected chi connectivity index (χ4v) is 2.68. The molecule has 6 heteroatoms. The van der Waals surface area contributed by atoms with Gasteiger partial charge in [0.15, 0.2) is 5.82 Å². The summed E-state index contributed by atoms with van der Waals surface area (Å²) < 4.78 is 26.6. The molecule has 0 aliphatic heterocycles. The number of amides is 1. The zero-order chi connectivity index (χ0) is 14.8. The summed E-state index contributed by atoms with van der Waals surface area (Å²) in [5.74, 6) is -2.35. The van der Waals surface area contributed by atoms with Crippen LogP contribution in [-0.2, 0) is 4.79 Å². The first-order chi connectivity index (χ1) is 9.48. The van der Waals surface area contributed by atoms with Gasteiger partial charge in [-0.3, -0.25) is 4.79 Å². The summed E-state index contributed by atoms with van der Waals surface area (Å²) in [6.45, 7) is 0. The molecule has 1 fully saturated rings. The van der Waals surface area contributed by atoms with Crippen molar-refractivity contribution >= 4 is 23.2 Å². The predicted octanol–water partition coefficient (Wildman–Crippen LogP) is 4.03. The van der Waals surface area contributed by atoms with Crippen molar-refractivity contribution < 1.29 is 13.6 Å². The molecule has 0 unspecified atom stereocenters. The molecule has 1 aliphatic rings. The van der Waals surface area contributed by atoms with Crippen LogP contribution in [0.15, 0.2) is 12.1 Å². The topological polar surface area (TPSA) is 52.9 Å². The van der Waals surface area contributed by atoms with Crippen LogP contribution in [-0.4, -0.2) is 5.91 Å². The molecule has 1 N–H and O–H groups in total. The van der Waals surface area contributed by atoms with Gasteiger partial charge in [0.1, 0.15) is 11.2 Å². The Bertz CT molecular complexity index is 554. The Morgan fingerprint density at radius 2 is 1.95 bits per heavy atom. The van der Waals surface area contributed by atoms with E-state index in [4.69, 9.17) is 11.6 Å². The molecule has 0 spiro atoms. The van der Waals surface area contributed by atoms with Gasteiger partial charge >= 0.3 is 0 Å². The first-order valence-corrected chi connectivity index (χ1v) is 6.73. The van der Waals surface area contributed by atoms with Crippen LogP contribution >= 0.6 is 11.6 Å². The highest BCUT2D eigenvalue weighted by atomic mass is 35.5. The van der Waals surface area contributed by atoms with Gasteiger partial charge in [-0.05, 0) is 18.9 Å². The summed E-state index contributed by atoms with van der Waals surface area (Å²) in [4.78, 5) is 12.3. The van der Waals surface area contributed by atoms with Crippen molar-refractivity contribution in [2.24, 2.45) is 5.41 Å². The average Bonchev–Trinajstić information content (AvgIpc) is 2.43. The van der Waals surface area contributed by atoms with E-state index in [2.05, 4.69) is 5.32 Å². The number of nitrogens with one attached hydrogen (secondary N) is 1. The van der Waals surface area contributed by atoms with Gasteiger partial charge in [0.25, 0.3) is 0 Å². The minimum atomic E-state index is -1.15. The molecular formula is C14H13ClF2N2O. The van der Waals surface area contributed by atoms with Crippen LogP contribution in [0.2, 0.25) is 5.02 Å². The van der Waals surface area contributed by atoms with Crippen LogP contribution in [0.5, 0.6) is 0 Å². The van der Waals surface area contributed by atoms with Gasteiger partial charge in [0, 0.05) is 6.07 Å². The number of nitrogens with zero attached hydrogens (tertiary/aromatic N) is 1. The molecule has 106 valence electrons. The van der Waals surface area contributed by atoms with Gasteiger partial charge in [-0.1, -0.05) is 30.9 Å². The lowest BCUT2D eigenvalue weighted by Gasteiger charge is -2.29. The van der Waals surface area contributed by atoms with Crippen LogP contribution in [0.1, 0.15) is 32.1 Å². The lowest BCUT2D eigenvalue weighted by atomic mass is 9.74. The molecule has 0 bridgehead atoms. The van der Waals surface area contributed by atoms with E-state index in [1.54, 1.807) is 0 Å². The molecular weight excluding hydrogens is 286 g/mol. The standard InChI is InChI=1S/C14H13ClF2N2O/c15-10-6-9(16)7-11(17)12(10)19-13(20)14(8-18)4-2-1-3-5-14/h6-7H,1-5H2,(H,19,20). The Hall–Kier alpha value is -1.67. The van der Waals surface area contributed by atoms with E-state index in [1.807, 2.05) is 6.07 Å². The van der Waals surface area contributed by atoms with Crippen LogP contribution in [0, 0.1) is 28.4 Å². The van der Waals surface area contributed by atoms with Gasteiger partial charge in [-0.15, -0.1) is 0 Å². The molecule has 0 aromatic heterocycles. The molecule has 1 aromatic rings. The fraction of sp³-hybridized carbons (Fsp3) is 0.429. The summed E-state index contributed by atoms with van der Waals surface area (Å²) in [7, 11) is 0. The van der Waals surface area contributed by atoms with Gasteiger partial charge in [0.2, 0.25) is 5.91 Å². The third-order valence-corrected chi connectivity index (χ3v) is 3.90. The van der Waals surface area contributed by atoms with Crippen molar-refractivity contribution in [1.29, 1.82) is 5.26 Å². The van der Waals surface area contributed by atoms with Crippen LogP contribution < -0.4 is 5.32 Å². The predicted molar refractivity (Wildman–Crippen MR) is 71.1 cm³/mol. The second-order valence-electron chi connectivity index (χ2n) is 4.95. The molecule has 0 atom stereocenters. The number of hydrogen-bond acceptors (Lipinski definition) is 2. The Balaban J connectivity index is 2.26. The maximum atomic E-state index is 13.6. The molecule has 1 amide bonds. The molecule has 0 heterocycles. The number of hydrogen-bond donors (Lipinski definition) is 1. The summed E-state index contributed by atoms with van der Waals surface area (Å²) in [6.07, 6.45) is 3.41. The van der Waals surface area contributed by atoms with E-state index in [1.165, 1.54) is 0 Å². The maximum absolute atomic E-state index is 13.6. The number of anilines is 1. The van der Waals surface area contributed by atoms with E-state index in [9.17, 15) is 18.8 Å². The fourth-order valence-electron chi connectivity index (χ4n) is 2.44. The van der Waals surface area contributed by atoms with Crippen molar-refractivity contribution in [2.45, 2.75) is 32.1 Å². The van der Waals surface area contributed by atoms with E-state index < -0.39 is 23.0 Å². The van der Waals surface area contributed by atoms with Crippen molar-refractivity contribution in [2.75, 3.05) is 5.32 Å². The van der Waals surface area contributed by atoms with Gasteiger partial charge in [0.05, 0.1) is 16.8 Å². The molecule has 0 saturated heterocycles. The monoisotopic (exact) mass is 298 g/mol. The Labute approximate surface area is 120 Å². The Morgan fingerprint density at radius 1 is 1.30 bits per heavy atom. The summed E-state index contributed by atoms with van der Waals surface area (Å²) in [5.41, 5.74) is -1.43. The van der Waals surface area contributed by atoms with Crippen LogP contribution in [0.25, 0.3) is 0 Å². The minimum Gasteiger partial charge on any atom is -0.321 e. The molecule has 0 radical (unpaired) electrons. The Morgan fingerprint density at radius 3 is 2.50 bits per heavy atom. The normalized spacial score (nSPS) is 17.3. The number of carbonyl (C=O) groups excluding carboxylic acids is 1. The number of carbonyl (C=O) groups is 1. The van der Waals surface area contributed by atoms with Gasteiger partial charge in [-0.25, -0.2) is 8.78 Å². The third-order valence-electron chi connectivity index (χ3n) is 3.60. The van der Waals surface area contributed by atoms with Crippen LogP contribution in [0.3, 0.4) is 0 Å². The minimum absolute atomic E-state index is 0.222. The summed E-state index contributed by atoms with van der Waals surface area (Å²) >= 11 is 5.73. The van der Waals surface area contributed by atoms with Gasteiger partial charge < -0.3 is 5.32 Å². The SMILES string of the molecule is N#CC1(C(=O)Nc2c(F)cc(F)cc2Cl)CCCCC1. The van der Waals surface area contributed by atoms with E-state index >= 15 is 0 Å². The van der Waals surface area contributed by atoms with E-state index in [0.717, 1.165) is 25.3 Å².